The standard InChI is InChI=1S/C18H14BrClN6O/c1-10-15(17(27)22-14-8-6-13(20)7-9-14)16(11-2-4-12(19)5-3-11)26-18(21-10)23-24-25-26/h2-9,16H,1H3,(H,22,27)(H,21,23,25). The van der Waals surface area contributed by atoms with Gasteiger partial charge in [0.15, 0.2) is 0 Å². The van der Waals surface area contributed by atoms with Gasteiger partial charge in [-0.1, -0.05) is 44.8 Å². The topological polar surface area (TPSA) is 84.7 Å². The van der Waals surface area contributed by atoms with Crippen molar-refractivity contribution >= 4 is 45.1 Å². The molecule has 0 bridgehead atoms. The molecule has 0 fully saturated rings. The van der Waals surface area contributed by atoms with Crippen molar-refractivity contribution in [2.24, 2.45) is 0 Å². The van der Waals surface area contributed by atoms with Crippen molar-refractivity contribution in [2.45, 2.75) is 13.0 Å². The molecule has 3 aromatic rings. The molecule has 1 aliphatic rings. The number of rotatable bonds is 3. The first-order valence-electron chi connectivity index (χ1n) is 8.11. The Morgan fingerprint density at radius 2 is 1.89 bits per heavy atom. The predicted octanol–water partition coefficient (Wildman–Crippen LogP) is 4.02. The molecule has 0 radical (unpaired) electrons. The molecule has 9 heteroatoms. The third-order valence-electron chi connectivity index (χ3n) is 4.25. The molecule has 0 saturated carbocycles. The van der Waals surface area contributed by atoms with E-state index in [1.54, 1.807) is 28.9 Å². The fraction of sp³-hybridized carbons (Fsp3) is 0.111. The Morgan fingerprint density at radius 1 is 1.19 bits per heavy atom. The molecule has 2 heterocycles. The lowest BCUT2D eigenvalue weighted by Gasteiger charge is -2.28. The Labute approximate surface area is 168 Å². The molecule has 136 valence electrons. The van der Waals surface area contributed by atoms with Crippen LogP contribution in [0.2, 0.25) is 5.02 Å². The number of carbonyl (C=O) groups is 1. The van der Waals surface area contributed by atoms with Crippen LogP contribution in [0.25, 0.3) is 0 Å². The maximum Gasteiger partial charge on any atom is 0.255 e. The first kappa shape index (κ1) is 17.7. The van der Waals surface area contributed by atoms with Crippen LogP contribution >= 0.6 is 27.5 Å². The molecule has 1 aromatic heterocycles. The number of halogens is 2. The summed E-state index contributed by atoms with van der Waals surface area (Å²) in [5, 5.41) is 18.4. The number of amides is 1. The first-order valence-corrected chi connectivity index (χ1v) is 9.28. The number of aromatic nitrogens is 4. The minimum absolute atomic E-state index is 0.239. The minimum Gasteiger partial charge on any atom is -0.326 e. The van der Waals surface area contributed by atoms with Crippen LogP contribution in [0, 0.1) is 0 Å². The number of nitrogens with zero attached hydrogens (tertiary/aromatic N) is 4. The number of fused-ring (bicyclic) bond motifs is 1. The number of hydrogen-bond donors (Lipinski definition) is 2. The van der Waals surface area contributed by atoms with E-state index in [0.29, 0.717) is 27.9 Å². The van der Waals surface area contributed by atoms with Crippen LogP contribution in [-0.4, -0.2) is 26.1 Å². The normalized spacial score (nSPS) is 15.9. The predicted molar refractivity (Wildman–Crippen MR) is 107 cm³/mol. The van der Waals surface area contributed by atoms with Gasteiger partial charge in [0, 0.05) is 20.9 Å². The highest BCUT2D eigenvalue weighted by Crippen LogP contribution is 2.35. The van der Waals surface area contributed by atoms with Gasteiger partial charge < -0.3 is 10.6 Å². The SMILES string of the molecule is CC1=C(C(=O)Nc2ccc(Cl)cc2)C(c2ccc(Br)cc2)n2nnnc2N1. The summed E-state index contributed by atoms with van der Waals surface area (Å²) < 4.78 is 2.55. The molecule has 1 unspecified atom stereocenters. The highest BCUT2D eigenvalue weighted by atomic mass is 79.9. The third kappa shape index (κ3) is 3.45. The molecule has 1 aliphatic heterocycles. The summed E-state index contributed by atoms with van der Waals surface area (Å²) in [6.07, 6.45) is 0. The third-order valence-corrected chi connectivity index (χ3v) is 5.03. The summed E-state index contributed by atoms with van der Waals surface area (Å²) >= 11 is 9.36. The molecule has 2 aromatic carbocycles. The van der Waals surface area contributed by atoms with Crippen LogP contribution in [0.5, 0.6) is 0 Å². The molecule has 0 spiro atoms. The van der Waals surface area contributed by atoms with Gasteiger partial charge in [0.25, 0.3) is 5.91 Å². The maximum atomic E-state index is 13.1. The van der Waals surface area contributed by atoms with E-state index in [1.165, 1.54) is 0 Å². The maximum absolute atomic E-state index is 13.1. The Bertz CT molecular complexity index is 1030. The summed E-state index contributed by atoms with van der Waals surface area (Å²) in [5.74, 6) is 0.250. The lowest BCUT2D eigenvalue weighted by molar-refractivity contribution is -0.113. The Balaban J connectivity index is 1.74. The smallest absolute Gasteiger partial charge is 0.255 e. The molecule has 1 amide bonds. The zero-order valence-electron chi connectivity index (χ0n) is 14.1. The van der Waals surface area contributed by atoms with E-state index in [2.05, 4.69) is 42.1 Å². The van der Waals surface area contributed by atoms with Gasteiger partial charge in [-0.15, -0.1) is 0 Å². The van der Waals surface area contributed by atoms with Gasteiger partial charge >= 0.3 is 0 Å². The Hall–Kier alpha value is -2.71. The number of benzene rings is 2. The Kier molecular flexibility index (Phi) is 4.67. The average Bonchev–Trinajstić information content (AvgIpc) is 3.11. The molecule has 0 aliphatic carbocycles. The van der Waals surface area contributed by atoms with Crippen molar-refractivity contribution in [3.05, 3.63) is 74.9 Å². The monoisotopic (exact) mass is 444 g/mol. The quantitative estimate of drug-likeness (QED) is 0.636. The largest absolute Gasteiger partial charge is 0.326 e. The summed E-state index contributed by atoms with van der Waals surface area (Å²) in [5.41, 5.74) is 2.78. The number of anilines is 2. The van der Waals surface area contributed by atoms with Crippen molar-refractivity contribution in [2.75, 3.05) is 10.6 Å². The van der Waals surface area contributed by atoms with Crippen molar-refractivity contribution < 1.29 is 4.79 Å². The van der Waals surface area contributed by atoms with Gasteiger partial charge in [0.05, 0.1) is 5.57 Å². The molecule has 7 nitrogen and oxygen atoms in total. The number of allylic oxidation sites excluding steroid dienone is 1. The average molecular weight is 446 g/mol. The van der Waals surface area contributed by atoms with E-state index in [0.717, 1.165) is 10.0 Å². The highest BCUT2D eigenvalue weighted by Gasteiger charge is 2.33. The van der Waals surface area contributed by atoms with Crippen LogP contribution in [0.4, 0.5) is 11.6 Å². The van der Waals surface area contributed by atoms with Crippen LogP contribution in [0.3, 0.4) is 0 Å². The second-order valence-electron chi connectivity index (χ2n) is 6.03. The fourth-order valence-corrected chi connectivity index (χ4v) is 3.38. The van der Waals surface area contributed by atoms with Crippen molar-refractivity contribution in [3.63, 3.8) is 0 Å². The number of tetrazole rings is 1. The Morgan fingerprint density at radius 3 is 2.59 bits per heavy atom. The van der Waals surface area contributed by atoms with Gasteiger partial charge in [0.1, 0.15) is 6.04 Å². The van der Waals surface area contributed by atoms with Crippen LogP contribution in [0.1, 0.15) is 18.5 Å². The van der Waals surface area contributed by atoms with Gasteiger partial charge in [-0.3, -0.25) is 4.79 Å². The second kappa shape index (κ2) is 7.13. The van der Waals surface area contributed by atoms with E-state index in [1.807, 2.05) is 31.2 Å². The number of hydrogen-bond acceptors (Lipinski definition) is 5. The molecule has 27 heavy (non-hydrogen) atoms. The van der Waals surface area contributed by atoms with E-state index in [9.17, 15) is 4.79 Å². The zero-order valence-corrected chi connectivity index (χ0v) is 16.5. The van der Waals surface area contributed by atoms with Crippen molar-refractivity contribution in [1.29, 1.82) is 0 Å². The number of nitrogens with one attached hydrogen (secondary N) is 2. The van der Waals surface area contributed by atoms with Gasteiger partial charge in [0.2, 0.25) is 5.95 Å². The summed E-state index contributed by atoms with van der Waals surface area (Å²) in [4.78, 5) is 13.1. The second-order valence-corrected chi connectivity index (χ2v) is 7.38. The van der Waals surface area contributed by atoms with Crippen LogP contribution in [-0.2, 0) is 4.79 Å². The van der Waals surface area contributed by atoms with Gasteiger partial charge in [-0.05, 0) is 59.3 Å². The van der Waals surface area contributed by atoms with Gasteiger partial charge in [-0.2, -0.15) is 4.68 Å². The molecule has 2 N–H and O–H groups in total. The summed E-state index contributed by atoms with van der Waals surface area (Å²) in [7, 11) is 0. The summed E-state index contributed by atoms with van der Waals surface area (Å²) in [6.45, 7) is 1.83. The first-order chi connectivity index (χ1) is 13.0. The molecule has 1 atom stereocenters. The zero-order chi connectivity index (χ0) is 19.0. The van der Waals surface area contributed by atoms with E-state index >= 15 is 0 Å². The fourth-order valence-electron chi connectivity index (χ4n) is 2.99. The van der Waals surface area contributed by atoms with E-state index < -0.39 is 6.04 Å². The van der Waals surface area contributed by atoms with Gasteiger partial charge in [-0.25, -0.2) is 0 Å². The van der Waals surface area contributed by atoms with Crippen LogP contribution < -0.4 is 10.6 Å². The lowest BCUT2D eigenvalue weighted by Crippen LogP contribution is -2.31. The number of carbonyl (C=O) groups excluding carboxylic acids is 1. The minimum atomic E-state index is -0.448. The molecule has 0 saturated heterocycles. The van der Waals surface area contributed by atoms with E-state index in [-0.39, 0.29) is 5.91 Å². The van der Waals surface area contributed by atoms with Crippen LogP contribution in [0.15, 0.2) is 64.3 Å². The van der Waals surface area contributed by atoms with Crippen molar-refractivity contribution in [3.8, 4) is 0 Å². The lowest BCUT2D eigenvalue weighted by atomic mass is 9.95. The van der Waals surface area contributed by atoms with Crippen molar-refractivity contribution in [1.82, 2.24) is 20.2 Å². The molecule has 4 rings (SSSR count). The molecular formula is C18H14BrClN6O. The highest BCUT2D eigenvalue weighted by molar-refractivity contribution is 9.10. The summed E-state index contributed by atoms with van der Waals surface area (Å²) in [6, 6.07) is 14.2. The molecular weight excluding hydrogens is 432 g/mol. The van der Waals surface area contributed by atoms with E-state index in [4.69, 9.17) is 11.6 Å².